The minimum absolute atomic E-state index is 0.0575. The molecule has 2 heterocycles. The summed E-state index contributed by atoms with van der Waals surface area (Å²) >= 11 is 1.61. The van der Waals surface area contributed by atoms with E-state index >= 15 is 0 Å². The molecule has 1 aromatic heterocycles. The van der Waals surface area contributed by atoms with Crippen molar-refractivity contribution in [1.29, 1.82) is 0 Å². The average Bonchev–Trinajstić information content (AvgIpc) is 3.14. The second-order valence-electron chi connectivity index (χ2n) is 6.81. The third kappa shape index (κ3) is 4.40. The third-order valence-electron chi connectivity index (χ3n) is 4.75. The van der Waals surface area contributed by atoms with Crippen molar-refractivity contribution in [2.24, 2.45) is 0 Å². The monoisotopic (exact) mass is 396 g/mol. The summed E-state index contributed by atoms with van der Waals surface area (Å²) < 4.78 is 20.5. The molecule has 0 bridgehead atoms. The number of thiophene rings is 1. The fraction of sp³-hybridized carbons (Fsp3) is 0.227. The predicted octanol–water partition coefficient (Wildman–Crippen LogP) is 4.14. The zero-order valence-corrected chi connectivity index (χ0v) is 16.1. The molecule has 1 N–H and O–H groups in total. The lowest BCUT2D eigenvalue weighted by atomic mass is 10.1. The summed E-state index contributed by atoms with van der Waals surface area (Å²) in [5.41, 5.74) is 2.59. The Labute approximate surface area is 167 Å². The van der Waals surface area contributed by atoms with Crippen molar-refractivity contribution in [1.82, 2.24) is 10.2 Å². The van der Waals surface area contributed by atoms with Gasteiger partial charge in [0.1, 0.15) is 17.7 Å². The number of nitrogens with one attached hydrogen (secondary N) is 1. The molecule has 3 aromatic rings. The maximum absolute atomic E-state index is 14.4. The first-order valence-electron chi connectivity index (χ1n) is 9.18. The summed E-state index contributed by atoms with van der Waals surface area (Å²) in [4.78, 5) is 14.5. The van der Waals surface area contributed by atoms with Gasteiger partial charge in [0.05, 0.1) is 6.54 Å². The van der Waals surface area contributed by atoms with Crippen LogP contribution in [0.2, 0.25) is 0 Å². The molecule has 28 heavy (non-hydrogen) atoms. The Bertz CT molecular complexity index is 945. The number of halogens is 1. The van der Waals surface area contributed by atoms with Crippen LogP contribution in [0.4, 0.5) is 4.39 Å². The number of hydrogen-bond acceptors (Lipinski definition) is 4. The highest BCUT2D eigenvalue weighted by molar-refractivity contribution is 7.07. The highest BCUT2D eigenvalue weighted by Crippen LogP contribution is 2.31. The fourth-order valence-electron chi connectivity index (χ4n) is 3.35. The lowest BCUT2D eigenvalue weighted by Crippen LogP contribution is -2.38. The molecule has 4 nitrogen and oxygen atoms in total. The number of ether oxygens (including phenoxy) is 1. The van der Waals surface area contributed by atoms with E-state index in [2.05, 4.69) is 5.32 Å². The number of rotatable bonds is 5. The SMILES string of the molecule is O=C(CN1Cc2ccccc2OC(c2ccccc2F)C1)NCc1ccsc1. The molecule has 0 radical (unpaired) electrons. The van der Waals surface area contributed by atoms with Crippen molar-refractivity contribution >= 4 is 17.2 Å². The lowest BCUT2D eigenvalue weighted by Gasteiger charge is -2.24. The molecule has 0 fully saturated rings. The number of fused-ring (bicyclic) bond motifs is 1. The molecule has 4 rings (SSSR count). The van der Waals surface area contributed by atoms with Gasteiger partial charge in [0.2, 0.25) is 5.91 Å². The van der Waals surface area contributed by atoms with E-state index in [1.165, 1.54) is 6.07 Å². The van der Waals surface area contributed by atoms with Gasteiger partial charge in [-0.05, 0) is 34.5 Å². The van der Waals surface area contributed by atoms with Crippen molar-refractivity contribution in [3.8, 4) is 5.75 Å². The second kappa shape index (κ2) is 8.54. The highest BCUT2D eigenvalue weighted by atomic mass is 32.1. The summed E-state index contributed by atoms with van der Waals surface area (Å²) in [5, 5.41) is 6.96. The third-order valence-corrected chi connectivity index (χ3v) is 5.48. The normalized spacial score (nSPS) is 16.7. The van der Waals surface area contributed by atoms with Crippen molar-refractivity contribution < 1.29 is 13.9 Å². The number of nitrogens with zero attached hydrogens (tertiary/aromatic N) is 1. The van der Waals surface area contributed by atoms with Crippen molar-refractivity contribution in [2.45, 2.75) is 19.2 Å². The Morgan fingerprint density at radius 2 is 2.00 bits per heavy atom. The van der Waals surface area contributed by atoms with E-state index in [1.807, 2.05) is 46.0 Å². The summed E-state index contributed by atoms with van der Waals surface area (Å²) in [7, 11) is 0. The van der Waals surface area contributed by atoms with Crippen LogP contribution in [0.3, 0.4) is 0 Å². The quantitative estimate of drug-likeness (QED) is 0.705. The smallest absolute Gasteiger partial charge is 0.234 e. The van der Waals surface area contributed by atoms with Crippen LogP contribution in [0.15, 0.2) is 65.4 Å². The summed E-state index contributed by atoms with van der Waals surface area (Å²) in [5.74, 6) is 0.378. The van der Waals surface area contributed by atoms with Crippen LogP contribution in [0, 0.1) is 5.82 Å². The molecule has 2 aromatic carbocycles. The number of carbonyl (C=O) groups is 1. The largest absolute Gasteiger partial charge is 0.484 e. The highest BCUT2D eigenvalue weighted by Gasteiger charge is 2.27. The van der Waals surface area contributed by atoms with Gasteiger partial charge in [-0.1, -0.05) is 36.4 Å². The minimum Gasteiger partial charge on any atom is -0.484 e. The van der Waals surface area contributed by atoms with E-state index in [9.17, 15) is 9.18 Å². The maximum atomic E-state index is 14.4. The zero-order valence-electron chi connectivity index (χ0n) is 15.3. The van der Waals surface area contributed by atoms with Crippen LogP contribution in [-0.2, 0) is 17.9 Å². The summed E-state index contributed by atoms with van der Waals surface area (Å²) in [6, 6.07) is 16.4. The first-order chi connectivity index (χ1) is 13.7. The standard InChI is InChI=1S/C22H21FN2O2S/c23-19-7-3-2-6-18(19)21-13-25(12-17-5-1-4-8-20(17)27-21)14-22(26)24-11-16-9-10-28-15-16/h1-10,15,21H,11-14H2,(H,24,26). The first-order valence-corrected chi connectivity index (χ1v) is 10.1. The molecule has 0 spiro atoms. The molecule has 1 atom stereocenters. The molecular weight excluding hydrogens is 375 g/mol. The van der Waals surface area contributed by atoms with E-state index < -0.39 is 6.10 Å². The fourth-order valence-corrected chi connectivity index (χ4v) is 4.02. The summed E-state index contributed by atoms with van der Waals surface area (Å²) in [6.45, 7) is 1.75. The Morgan fingerprint density at radius 3 is 2.82 bits per heavy atom. The topological polar surface area (TPSA) is 41.6 Å². The first kappa shape index (κ1) is 18.7. The summed E-state index contributed by atoms with van der Waals surface area (Å²) in [6.07, 6.45) is -0.477. The van der Waals surface area contributed by atoms with Gasteiger partial charge in [-0.2, -0.15) is 11.3 Å². The van der Waals surface area contributed by atoms with Gasteiger partial charge in [-0.15, -0.1) is 0 Å². The molecule has 0 saturated carbocycles. The van der Waals surface area contributed by atoms with Gasteiger partial charge in [0.25, 0.3) is 0 Å². The van der Waals surface area contributed by atoms with E-state index in [4.69, 9.17) is 4.74 Å². The number of carbonyl (C=O) groups excluding carboxylic acids is 1. The lowest BCUT2D eigenvalue weighted by molar-refractivity contribution is -0.122. The average molecular weight is 396 g/mol. The molecule has 1 unspecified atom stereocenters. The molecule has 6 heteroatoms. The van der Waals surface area contributed by atoms with Gasteiger partial charge in [-0.3, -0.25) is 9.69 Å². The number of benzene rings is 2. The van der Waals surface area contributed by atoms with E-state index in [-0.39, 0.29) is 18.3 Å². The molecule has 144 valence electrons. The van der Waals surface area contributed by atoms with Crippen LogP contribution in [0.1, 0.15) is 22.8 Å². The molecule has 1 amide bonds. The van der Waals surface area contributed by atoms with E-state index in [0.717, 1.165) is 16.9 Å². The Kier molecular flexibility index (Phi) is 5.69. The minimum atomic E-state index is -0.477. The van der Waals surface area contributed by atoms with Gasteiger partial charge in [0, 0.05) is 30.8 Å². The number of amides is 1. The van der Waals surface area contributed by atoms with Crippen LogP contribution < -0.4 is 10.1 Å². The van der Waals surface area contributed by atoms with Gasteiger partial charge < -0.3 is 10.1 Å². The maximum Gasteiger partial charge on any atom is 0.234 e. The Balaban J connectivity index is 1.51. The van der Waals surface area contributed by atoms with Gasteiger partial charge >= 0.3 is 0 Å². The molecular formula is C22H21FN2O2S. The Hall–Kier alpha value is -2.70. The molecule has 0 aliphatic carbocycles. The van der Waals surface area contributed by atoms with Crippen LogP contribution in [-0.4, -0.2) is 23.9 Å². The van der Waals surface area contributed by atoms with Gasteiger partial charge in [-0.25, -0.2) is 4.39 Å². The second-order valence-corrected chi connectivity index (χ2v) is 7.59. The van der Waals surface area contributed by atoms with E-state index in [1.54, 1.807) is 29.5 Å². The van der Waals surface area contributed by atoms with Crippen molar-refractivity contribution in [2.75, 3.05) is 13.1 Å². The molecule has 1 aliphatic rings. The van der Waals surface area contributed by atoms with Crippen LogP contribution >= 0.6 is 11.3 Å². The van der Waals surface area contributed by atoms with Crippen LogP contribution in [0.5, 0.6) is 5.75 Å². The molecule has 0 saturated heterocycles. The molecule has 1 aliphatic heterocycles. The van der Waals surface area contributed by atoms with Crippen LogP contribution in [0.25, 0.3) is 0 Å². The number of para-hydroxylation sites is 1. The van der Waals surface area contributed by atoms with Crippen molar-refractivity contribution in [3.05, 3.63) is 87.9 Å². The predicted molar refractivity (Wildman–Crippen MR) is 108 cm³/mol. The Morgan fingerprint density at radius 1 is 1.18 bits per heavy atom. The van der Waals surface area contributed by atoms with Crippen molar-refractivity contribution in [3.63, 3.8) is 0 Å². The zero-order chi connectivity index (χ0) is 19.3. The number of hydrogen-bond donors (Lipinski definition) is 1. The van der Waals surface area contributed by atoms with Gasteiger partial charge in [0.15, 0.2) is 0 Å². The van der Waals surface area contributed by atoms with E-state index in [0.29, 0.717) is 25.2 Å².